The van der Waals surface area contributed by atoms with Gasteiger partial charge in [-0.05, 0) is 42.5 Å². The van der Waals surface area contributed by atoms with E-state index in [2.05, 4.69) is 5.32 Å². The molecule has 1 atom stereocenters. The normalized spacial score (nSPS) is 23.2. The summed E-state index contributed by atoms with van der Waals surface area (Å²) >= 11 is 0.603. The zero-order valence-electron chi connectivity index (χ0n) is 12.4. The molecular formula is C16H21F2NO2S. The Labute approximate surface area is 133 Å². The van der Waals surface area contributed by atoms with Gasteiger partial charge in [0.15, 0.2) is 0 Å². The number of aliphatic hydroxyl groups excluding tert-OH is 1. The van der Waals surface area contributed by atoms with Crippen LogP contribution >= 0.6 is 11.8 Å². The molecule has 1 aromatic rings. The minimum atomic E-state index is -2.38. The lowest BCUT2D eigenvalue weighted by Crippen LogP contribution is -2.52. The van der Waals surface area contributed by atoms with Gasteiger partial charge < -0.3 is 15.2 Å². The van der Waals surface area contributed by atoms with Crippen molar-refractivity contribution in [3.63, 3.8) is 0 Å². The van der Waals surface area contributed by atoms with E-state index in [1.165, 1.54) is 5.56 Å². The third kappa shape index (κ3) is 3.45. The zero-order chi connectivity index (χ0) is 15.6. The van der Waals surface area contributed by atoms with E-state index in [9.17, 15) is 13.9 Å². The van der Waals surface area contributed by atoms with Crippen LogP contribution in [-0.2, 0) is 11.2 Å². The second kappa shape index (κ2) is 6.83. The predicted octanol–water partition coefficient (Wildman–Crippen LogP) is 2.98. The number of benzene rings is 1. The van der Waals surface area contributed by atoms with Crippen LogP contribution in [0, 0.1) is 5.41 Å². The van der Waals surface area contributed by atoms with E-state index in [1.807, 2.05) is 12.1 Å². The van der Waals surface area contributed by atoms with Crippen molar-refractivity contribution in [2.75, 3.05) is 26.4 Å². The first kappa shape index (κ1) is 16.2. The van der Waals surface area contributed by atoms with Crippen LogP contribution in [-0.4, -0.2) is 37.2 Å². The number of alkyl halides is 2. The lowest BCUT2D eigenvalue weighted by molar-refractivity contribution is -0.135. The fraction of sp³-hybridized carbons (Fsp3) is 0.625. The summed E-state index contributed by atoms with van der Waals surface area (Å²) in [6.07, 6.45) is 3.03. The SMILES string of the molecule is OCC1(CNC2CCCc3cc(SC(F)F)ccc32)COC1. The average molecular weight is 329 g/mol. The quantitative estimate of drug-likeness (QED) is 0.788. The summed E-state index contributed by atoms with van der Waals surface area (Å²) in [5.74, 6) is -2.38. The Balaban J connectivity index is 1.68. The van der Waals surface area contributed by atoms with Gasteiger partial charge in [-0.25, -0.2) is 0 Å². The van der Waals surface area contributed by atoms with E-state index in [4.69, 9.17) is 4.74 Å². The summed E-state index contributed by atoms with van der Waals surface area (Å²) in [6, 6.07) is 5.89. The van der Waals surface area contributed by atoms with E-state index in [1.54, 1.807) is 6.07 Å². The molecule has 0 bridgehead atoms. The molecule has 1 aliphatic carbocycles. The molecule has 2 aliphatic rings. The van der Waals surface area contributed by atoms with E-state index in [0.717, 1.165) is 31.4 Å². The maximum Gasteiger partial charge on any atom is 0.288 e. The second-order valence-electron chi connectivity index (χ2n) is 6.22. The van der Waals surface area contributed by atoms with Gasteiger partial charge in [0.2, 0.25) is 0 Å². The van der Waals surface area contributed by atoms with Crippen LogP contribution in [0.15, 0.2) is 23.1 Å². The van der Waals surface area contributed by atoms with Crippen LogP contribution in [0.5, 0.6) is 0 Å². The molecule has 0 radical (unpaired) electrons. The summed E-state index contributed by atoms with van der Waals surface area (Å²) < 4.78 is 30.2. The van der Waals surface area contributed by atoms with Crippen LogP contribution < -0.4 is 5.32 Å². The Hall–Kier alpha value is -0.690. The summed E-state index contributed by atoms with van der Waals surface area (Å²) in [4.78, 5) is 0.633. The van der Waals surface area contributed by atoms with Crippen LogP contribution in [0.4, 0.5) is 8.78 Å². The predicted molar refractivity (Wildman–Crippen MR) is 82.3 cm³/mol. The maximum atomic E-state index is 12.5. The third-order valence-electron chi connectivity index (χ3n) is 4.53. The van der Waals surface area contributed by atoms with Crippen LogP contribution in [0.1, 0.15) is 30.0 Å². The number of hydrogen-bond donors (Lipinski definition) is 2. The van der Waals surface area contributed by atoms with Crippen LogP contribution in [0.2, 0.25) is 0 Å². The van der Waals surface area contributed by atoms with Crippen molar-refractivity contribution in [2.45, 2.75) is 36.0 Å². The fourth-order valence-electron chi connectivity index (χ4n) is 3.16. The van der Waals surface area contributed by atoms with Crippen molar-refractivity contribution in [3.8, 4) is 0 Å². The molecule has 1 unspecified atom stereocenters. The second-order valence-corrected chi connectivity index (χ2v) is 7.28. The van der Waals surface area contributed by atoms with Crippen molar-refractivity contribution < 1.29 is 18.6 Å². The molecule has 0 saturated carbocycles. The topological polar surface area (TPSA) is 41.5 Å². The van der Waals surface area contributed by atoms with Gasteiger partial charge in [0, 0.05) is 17.5 Å². The van der Waals surface area contributed by atoms with Crippen molar-refractivity contribution in [2.24, 2.45) is 5.41 Å². The Bertz CT molecular complexity index is 517. The van der Waals surface area contributed by atoms with E-state index in [-0.39, 0.29) is 18.1 Å². The molecule has 0 aromatic heterocycles. The minimum absolute atomic E-state index is 0.129. The molecule has 1 aromatic carbocycles. The lowest BCUT2D eigenvalue weighted by Gasteiger charge is -2.41. The number of aliphatic hydroxyl groups is 1. The monoisotopic (exact) mass is 329 g/mol. The highest BCUT2D eigenvalue weighted by Crippen LogP contribution is 2.35. The highest BCUT2D eigenvalue weighted by atomic mass is 32.2. The smallest absolute Gasteiger partial charge is 0.288 e. The first-order chi connectivity index (χ1) is 10.6. The molecule has 2 N–H and O–H groups in total. The van der Waals surface area contributed by atoms with Crippen LogP contribution in [0.25, 0.3) is 0 Å². The van der Waals surface area contributed by atoms with Crippen molar-refractivity contribution >= 4 is 11.8 Å². The summed E-state index contributed by atoms with van der Waals surface area (Å²) in [6.45, 7) is 2.05. The number of aryl methyl sites for hydroxylation is 1. The van der Waals surface area contributed by atoms with Gasteiger partial charge in [0.25, 0.3) is 5.76 Å². The Kier molecular flexibility index (Phi) is 5.02. The number of hydrogen-bond acceptors (Lipinski definition) is 4. The standard InChI is InChI=1S/C16H21F2NO2S/c17-15(18)22-12-4-5-13-11(6-12)2-1-3-14(13)19-7-16(8-20)9-21-10-16/h4-6,14-15,19-20H,1-3,7-10H2. The lowest BCUT2D eigenvalue weighted by atomic mass is 9.84. The molecule has 6 heteroatoms. The molecule has 1 fully saturated rings. The molecule has 3 nitrogen and oxygen atoms in total. The number of thioether (sulfide) groups is 1. The summed E-state index contributed by atoms with van der Waals surface area (Å²) in [5, 5.41) is 13.0. The number of rotatable bonds is 6. The van der Waals surface area contributed by atoms with E-state index < -0.39 is 5.76 Å². The Morgan fingerprint density at radius 3 is 2.86 bits per heavy atom. The summed E-state index contributed by atoms with van der Waals surface area (Å²) in [7, 11) is 0. The Morgan fingerprint density at radius 1 is 1.41 bits per heavy atom. The first-order valence-corrected chi connectivity index (χ1v) is 8.49. The van der Waals surface area contributed by atoms with E-state index >= 15 is 0 Å². The van der Waals surface area contributed by atoms with Crippen LogP contribution in [0.3, 0.4) is 0 Å². The van der Waals surface area contributed by atoms with Gasteiger partial charge in [0.05, 0.1) is 25.2 Å². The number of ether oxygens (including phenoxy) is 1. The van der Waals surface area contributed by atoms with Crippen molar-refractivity contribution in [3.05, 3.63) is 29.3 Å². The number of fused-ring (bicyclic) bond motifs is 1. The van der Waals surface area contributed by atoms with Gasteiger partial charge in [-0.15, -0.1) is 0 Å². The molecule has 0 spiro atoms. The molecule has 1 saturated heterocycles. The third-order valence-corrected chi connectivity index (χ3v) is 5.23. The largest absolute Gasteiger partial charge is 0.396 e. The molecular weight excluding hydrogens is 308 g/mol. The van der Waals surface area contributed by atoms with Crippen molar-refractivity contribution in [1.29, 1.82) is 0 Å². The van der Waals surface area contributed by atoms with E-state index in [0.29, 0.717) is 29.9 Å². The van der Waals surface area contributed by atoms with Gasteiger partial charge in [-0.2, -0.15) is 8.78 Å². The maximum absolute atomic E-state index is 12.5. The first-order valence-electron chi connectivity index (χ1n) is 7.61. The number of nitrogens with one attached hydrogen (secondary N) is 1. The van der Waals surface area contributed by atoms with Gasteiger partial charge in [-0.1, -0.05) is 17.8 Å². The van der Waals surface area contributed by atoms with Gasteiger partial charge >= 0.3 is 0 Å². The van der Waals surface area contributed by atoms with Gasteiger partial charge in [-0.3, -0.25) is 0 Å². The van der Waals surface area contributed by atoms with Gasteiger partial charge in [0.1, 0.15) is 0 Å². The average Bonchev–Trinajstić information content (AvgIpc) is 2.45. The zero-order valence-corrected chi connectivity index (χ0v) is 13.2. The summed E-state index contributed by atoms with van der Waals surface area (Å²) in [5.41, 5.74) is 2.22. The van der Waals surface area contributed by atoms with Crippen molar-refractivity contribution in [1.82, 2.24) is 5.32 Å². The highest BCUT2D eigenvalue weighted by molar-refractivity contribution is 7.99. The molecule has 22 heavy (non-hydrogen) atoms. The molecule has 1 aliphatic heterocycles. The fourth-order valence-corrected chi connectivity index (χ4v) is 3.72. The molecule has 1 heterocycles. The molecule has 122 valence electrons. The molecule has 0 amide bonds. The minimum Gasteiger partial charge on any atom is -0.396 e. The highest BCUT2D eigenvalue weighted by Gasteiger charge is 2.38. The molecule has 3 rings (SSSR count). The number of halogens is 2. The Morgan fingerprint density at radius 2 is 2.23 bits per heavy atom.